The molecule has 1 aromatic heterocycles. The SMILES string of the molecule is CCc1nnc(CN2C(=O)C(=O)c3cc(F)cc(Br)c32)o1. The van der Waals surface area contributed by atoms with E-state index < -0.39 is 17.5 Å². The zero-order valence-corrected chi connectivity index (χ0v) is 12.5. The topological polar surface area (TPSA) is 76.3 Å². The maximum Gasteiger partial charge on any atom is 0.299 e. The maximum atomic E-state index is 13.4. The Balaban J connectivity index is 2.01. The van der Waals surface area contributed by atoms with Crippen molar-refractivity contribution < 1.29 is 18.4 Å². The van der Waals surface area contributed by atoms with Gasteiger partial charge in [0.1, 0.15) is 12.4 Å². The van der Waals surface area contributed by atoms with E-state index in [2.05, 4.69) is 26.1 Å². The van der Waals surface area contributed by atoms with Crippen LogP contribution in [0.3, 0.4) is 0 Å². The minimum absolute atomic E-state index is 0.0297. The minimum atomic E-state index is -0.750. The number of aryl methyl sites for hydroxylation is 1. The van der Waals surface area contributed by atoms with Gasteiger partial charge in [-0.05, 0) is 28.1 Å². The number of fused-ring (bicyclic) bond motifs is 1. The number of halogens is 2. The van der Waals surface area contributed by atoms with Gasteiger partial charge in [-0.2, -0.15) is 0 Å². The van der Waals surface area contributed by atoms with E-state index in [0.717, 1.165) is 6.07 Å². The van der Waals surface area contributed by atoms with Gasteiger partial charge in [0.2, 0.25) is 11.8 Å². The third-order valence-electron chi connectivity index (χ3n) is 3.09. The molecule has 1 aliphatic rings. The molecule has 0 spiro atoms. The van der Waals surface area contributed by atoms with Gasteiger partial charge in [-0.15, -0.1) is 10.2 Å². The van der Waals surface area contributed by atoms with Crippen LogP contribution < -0.4 is 4.90 Å². The molecule has 108 valence electrons. The highest BCUT2D eigenvalue weighted by Crippen LogP contribution is 2.37. The quantitative estimate of drug-likeness (QED) is 0.791. The highest BCUT2D eigenvalue weighted by atomic mass is 79.9. The van der Waals surface area contributed by atoms with Gasteiger partial charge in [0, 0.05) is 10.9 Å². The zero-order valence-electron chi connectivity index (χ0n) is 10.9. The van der Waals surface area contributed by atoms with Gasteiger partial charge in [0.05, 0.1) is 11.3 Å². The Labute approximate surface area is 127 Å². The molecule has 0 aliphatic carbocycles. The number of Topliss-reactive ketones (excluding diaryl/α,β-unsaturated/α-hetero) is 1. The summed E-state index contributed by atoms with van der Waals surface area (Å²) >= 11 is 3.17. The van der Waals surface area contributed by atoms with Gasteiger partial charge in [-0.25, -0.2) is 4.39 Å². The van der Waals surface area contributed by atoms with Gasteiger partial charge in [0.25, 0.3) is 11.7 Å². The van der Waals surface area contributed by atoms with Crippen LogP contribution in [0.5, 0.6) is 0 Å². The molecule has 1 amide bonds. The number of hydrogen-bond acceptors (Lipinski definition) is 5. The van der Waals surface area contributed by atoms with E-state index >= 15 is 0 Å². The Morgan fingerprint density at radius 3 is 2.67 bits per heavy atom. The molecule has 2 aromatic rings. The summed E-state index contributed by atoms with van der Waals surface area (Å²) in [6.07, 6.45) is 0.575. The molecule has 1 aromatic carbocycles. The van der Waals surface area contributed by atoms with Gasteiger partial charge in [-0.1, -0.05) is 6.92 Å². The number of anilines is 1. The average molecular weight is 354 g/mol. The number of aromatic nitrogens is 2. The van der Waals surface area contributed by atoms with E-state index in [9.17, 15) is 14.0 Å². The Kier molecular flexibility index (Phi) is 3.32. The number of benzene rings is 1. The summed E-state index contributed by atoms with van der Waals surface area (Å²) in [5.74, 6) is -1.42. The van der Waals surface area contributed by atoms with Crippen LogP contribution in [0.1, 0.15) is 29.1 Å². The fraction of sp³-hybridized carbons (Fsp3) is 0.231. The number of carbonyl (C=O) groups excluding carboxylic acids is 2. The van der Waals surface area contributed by atoms with Crippen molar-refractivity contribution in [3.05, 3.63) is 39.8 Å². The van der Waals surface area contributed by atoms with Crippen LogP contribution >= 0.6 is 15.9 Å². The van der Waals surface area contributed by atoms with Crippen LogP contribution in [0, 0.1) is 5.82 Å². The lowest BCUT2D eigenvalue weighted by Gasteiger charge is -2.15. The molecule has 0 N–H and O–H groups in total. The summed E-state index contributed by atoms with van der Waals surface area (Å²) in [4.78, 5) is 25.2. The van der Waals surface area contributed by atoms with Crippen LogP contribution in [0.4, 0.5) is 10.1 Å². The van der Waals surface area contributed by atoms with Gasteiger partial charge in [-0.3, -0.25) is 14.5 Å². The summed E-state index contributed by atoms with van der Waals surface area (Å²) in [5, 5.41) is 7.62. The normalized spacial score (nSPS) is 14.0. The predicted molar refractivity (Wildman–Crippen MR) is 73.3 cm³/mol. The summed E-state index contributed by atoms with van der Waals surface area (Å²) < 4.78 is 19.0. The van der Waals surface area contributed by atoms with Crippen molar-refractivity contribution in [1.82, 2.24) is 10.2 Å². The molecule has 0 bridgehead atoms. The molecular formula is C13H9BrFN3O3. The maximum absolute atomic E-state index is 13.4. The molecule has 0 saturated heterocycles. The number of ketones is 1. The van der Waals surface area contributed by atoms with Crippen molar-refractivity contribution >= 4 is 33.3 Å². The number of nitrogens with zero attached hydrogens (tertiary/aromatic N) is 3. The van der Waals surface area contributed by atoms with Crippen molar-refractivity contribution in [2.24, 2.45) is 0 Å². The summed E-state index contributed by atoms with van der Waals surface area (Å²) in [5.41, 5.74) is 0.352. The second-order valence-corrected chi connectivity index (χ2v) is 5.30. The summed E-state index contributed by atoms with van der Waals surface area (Å²) in [6.45, 7) is 1.82. The third kappa shape index (κ3) is 2.25. The van der Waals surface area contributed by atoms with Gasteiger partial charge >= 0.3 is 0 Å². The van der Waals surface area contributed by atoms with E-state index in [4.69, 9.17) is 4.42 Å². The second-order valence-electron chi connectivity index (χ2n) is 4.45. The monoisotopic (exact) mass is 353 g/mol. The van der Waals surface area contributed by atoms with Crippen molar-refractivity contribution in [3.63, 3.8) is 0 Å². The first-order valence-electron chi connectivity index (χ1n) is 6.17. The van der Waals surface area contributed by atoms with Crippen LogP contribution in [-0.2, 0) is 17.8 Å². The molecule has 0 unspecified atom stereocenters. The Hall–Kier alpha value is -2.09. The molecule has 0 saturated carbocycles. The zero-order chi connectivity index (χ0) is 15.1. The van der Waals surface area contributed by atoms with E-state index in [-0.39, 0.29) is 18.0 Å². The average Bonchev–Trinajstić information content (AvgIpc) is 2.98. The molecule has 21 heavy (non-hydrogen) atoms. The lowest BCUT2D eigenvalue weighted by Crippen LogP contribution is -2.29. The molecule has 2 heterocycles. The fourth-order valence-electron chi connectivity index (χ4n) is 2.13. The van der Waals surface area contributed by atoms with Crippen LogP contribution in [0.15, 0.2) is 21.0 Å². The molecule has 0 radical (unpaired) electrons. The largest absolute Gasteiger partial charge is 0.423 e. The highest BCUT2D eigenvalue weighted by Gasteiger charge is 2.38. The van der Waals surface area contributed by atoms with Crippen LogP contribution in [0.25, 0.3) is 0 Å². The van der Waals surface area contributed by atoms with Crippen molar-refractivity contribution in [3.8, 4) is 0 Å². The van der Waals surface area contributed by atoms with E-state index in [0.29, 0.717) is 22.5 Å². The number of rotatable bonds is 3. The second kappa shape index (κ2) is 5.03. The van der Waals surface area contributed by atoms with E-state index in [1.54, 1.807) is 0 Å². The first kappa shape index (κ1) is 13.9. The lowest BCUT2D eigenvalue weighted by atomic mass is 10.1. The molecule has 8 heteroatoms. The molecule has 0 atom stereocenters. The molecule has 6 nitrogen and oxygen atoms in total. The first-order valence-corrected chi connectivity index (χ1v) is 6.97. The molecule has 1 aliphatic heterocycles. The molecule has 0 fully saturated rings. The van der Waals surface area contributed by atoms with E-state index in [1.165, 1.54) is 11.0 Å². The standard InChI is InChI=1S/C13H9BrFN3O3/c1-2-9-16-17-10(21-9)5-18-11-7(12(19)13(18)20)3-6(15)4-8(11)14/h3-4H,2,5H2,1H3. The molecule has 3 rings (SSSR count). The lowest BCUT2D eigenvalue weighted by molar-refractivity contribution is -0.114. The summed E-state index contributed by atoms with van der Waals surface area (Å²) in [6, 6.07) is 2.24. The van der Waals surface area contributed by atoms with Crippen LogP contribution in [-0.4, -0.2) is 21.9 Å². The number of hydrogen-bond donors (Lipinski definition) is 0. The smallest absolute Gasteiger partial charge is 0.299 e. The number of carbonyl (C=O) groups is 2. The van der Waals surface area contributed by atoms with Gasteiger partial charge < -0.3 is 4.42 Å². The Morgan fingerprint density at radius 2 is 2.00 bits per heavy atom. The summed E-state index contributed by atoms with van der Waals surface area (Å²) in [7, 11) is 0. The third-order valence-corrected chi connectivity index (χ3v) is 3.69. The fourth-order valence-corrected chi connectivity index (χ4v) is 2.78. The minimum Gasteiger partial charge on any atom is -0.423 e. The molecular weight excluding hydrogens is 345 g/mol. The van der Waals surface area contributed by atoms with Crippen molar-refractivity contribution in [1.29, 1.82) is 0 Å². The Bertz CT molecular complexity index is 759. The van der Waals surface area contributed by atoms with Crippen molar-refractivity contribution in [2.75, 3.05) is 4.90 Å². The first-order chi connectivity index (χ1) is 10.0. The van der Waals surface area contributed by atoms with Crippen molar-refractivity contribution in [2.45, 2.75) is 19.9 Å². The van der Waals surface area contributed by atoms with Crippen LogP contribution in [0.2, 0.25) is 0 Å². The Morgan fingerprint density at radius 1 is 1.29 bits per heavy atom. The van der Waals surface area contributed by atoms with E-state index in [1.807, 2.05) is 6.92 Å². The highest BCUT2D eigenvalue weighted by molar-refractivity contribution is 9.10. The number of amides is 1. The predicted octanol–water partition coefficient (Wildman–Crippen LogP) is 2.26. The van der Waals surface area contributed by atoms with Gasteiger partial charge in [0.15, 0.2) is 0 Å².